The van der Waals surface area contributed by atoms with E-state index < -0.39 is 0 Å². The van der Waals surface area contributed by atoms with E-state index >= 15 is 0 Å². The molecular weight excluding hydrogens is 260 g/mol. The third kappa shape index (κ3) is 3.32. The van der Waals surface area contributed by atoms with Crippen molar-refractivity contribution >= 4 is 16.7 Å². The van der Waals surface area contributed by atoms with Crippen LogP contribution in [0.3, 0.4) is 0 Å². The monoisotopic (exact) mass is 284 g/mol. The summed E-state index contributed by atoms with van der Waals surface area (Å²) in [5, 5.41) is 4.74. The van der Waals surface area contributed by atoms with Gasteiger partial charge in [-0.05, 0) is 37.4 Å². The summed E-state index contributed by atoms with van der Waals surface area (Å²) < 4.78 is 0. The summed E-state index contributed by atoms with van der Waals surface area (Å²) in [5.41, 5.74) is 1.02. The van der Waals surface area contributed by atoms with E-state index in [0.29, 0.717) is 12.0 Å². The first-order valence-electron chi connectivity index (χ1n) is 7.92. The standard InChI is InChI=1S/C17H24N4/c1-13(2)10-21(11-14-6-5-9-18-14)17-15-7-3-4-8-16(15)19-12-20-17/h3-4,7-8,12-14,18H,5-6,9-11H2,1-2H3. The van der Waals surface area contributed by atoms with Crippen molar-refractivity contribution in [2.24, 2.45) is 5.92 Å². The van der Waals surface area contributed by atoms with Gasteiger partial charge in [-0.15, -0.1) is 0 Å². The Kier molecular flexibility index (Phi) is 4.34. The molecule has 0 amide bonds. The zero-order chi connectivity index (χ0) is 14.7. The Balaban J connectivity index is 1.92. The second-order valence-electron chi connectivity index (χ2n) is 6.31. The van der Waals surface area contributed by atoms with Crippen LogP contribution in [0.2, 0.25) is 0 Å². The van der Waals surface area contributed by atoms with Crippen molar-refractivity contribution in [3.05, 3.63) is 30.6 Å². The Labute approximate surface area is 126 Å². The lowest BCUT2D eigenvalue weighted by Gasteiger charge is -2.29. The molecule has 1 saturated heterocycles. The SMILES string of the molecule is CC(C)CN(CC1CCCN1)c1ncnc2ccccc12. The van der Waals surface area contributed by atoms with Gasteiger partial charge in [0.2, 0.25) is 0 Å². The van der Waals surface area contributed by atoms with Gasteiger partial charge in [0.05, 0.1) is 5.52 Å². The zero-order valence-electron chi connectivity index (χ0n) is 12.9. The fourth-order valence-corrected chi connectivity index (χ4v) is 3.11. The topological polar surface area (TPSA) is 41.0 Å². The van der Waals surface area contributed by atoms with Gasteiger partial charge in [-0.2, -0.15) is 0 Å². The molecule has 1 aromatic heterocycles. The van der Waals surface area contributed by atoms with Crippen molar-refractivity contribution in [1.82, 2.24) is 15.3 Å². The van der Waals surface area contributed by atoms with Crippen LogP contribution >= 0.6 is 0 Å². The molecule has 3 rings (SSSR count). The van der Waals surface area contributed by atoms with Gasteiger partial charge in [-0.3, -0.25) is 0 Å². The van der Waals surface area contributed by atoms with Gasteiger partial charge in [0, 0.05) is 24.5 Å². The highest BCUT2D eigenvalue weighted by atomic mass is 15.2. The minimum absolute atomic E-state index is 0.581. The maximum Gasteiger partial charge on any atom is 0.139 e. The number of hydrogen-bond acceptors (Lipinski definition) is 4. The van der Waals surface area contributed by atoms with Crippen molar-refractivity contribution in [3.8, 4) is 0 Å². The van der Waals surface area contributed by atoms with Crippen LogP contribution in [0.1, 0.15) is 26.7 Å². The molecule has 1 aliphatic rings. The van der Waals surface area contributed by atoms with Crippen LogP contribution in [0.25, 0.3) is 10.9 Å². The van der Waals surface area contributed by atoms with E-state index in [-0.39, 0.29) is 0 Å². The third-order valence-corrected chi connectivity index (χ3v) is 4.01. The van der Waals surface area contributed by atoms with E-state index in [1.54, 1.807) is 6.33 Å². The van der Waals surface area contributed by atoms with E-state index in [0.717, 1.165) is 36.4 Å². The summed E-state index contributed by atoms with van der Waals surface area (Å²) >= 11 is 0. The van der Waals surface area contributed by atoms with Crippen molar-refractivity contribution in [2.45, 2.75) is 32.7 Å². The molecule has 1 unspecified atom stereocenters. The highest BCUT2D eigenvalue weighted by Crippen LogP contribution is 2.24. The second-order valence-corrected chi connectivity index (χ2v) is 6.31. The Morgan fingerprint density at radius 3 is 2.90 bits per heavy atom. The first-order chi connectivity index (χ1) is 10.2. The molecular formula is C17H24N4. The molecule has 2 aromatic rings. The van der Waals surface area contributed by atoms with Crippen molar-refractivity contribution in [1.29, 1.82) is 0 Å². The molecule has 112 valence electrons. The van der Waals surface area contributed by atoms with Crippen LogP contribution in [0.4, 0.5) is 5.82 Å². The molecule has 1 N–H and O–H groups in total. The Morgan fingerprint density at radius 2 is 2.14 bits per heavy atom. The number of fused-ring (bicyclic) bond motifs is 1. The maximum absolute atomic E-state index is 4.59. The quantitative estimate of drug-likeness (QED) is 0.916. The van der Waals surface area contributed by atoms with Gasteiger partial charge in [0.25, 0.3) is 0 Å². The second kappa shape index (κ2) is 6.39. The Hall–Kier alpha value is -1.68. The average Bonchev–Trinajstić information content (AvgIpc) is 2.98. The fourth-order valence-electron chi connectivity index (χ4n) is 3.11. The molecule has 1 fully saturated rings. The van der Waals surface area contributed by atoms with Gasteiger partial charge in [-0.25, -0.2) is 9.97 Å². The van der Waals surface area contributed by atoms with Gasteiger partial charge in [0.15, 0.2) is 0 Å². The lowest BCUT2D eigenvalue weighted by Crippen LogP contribution is -2.40. The molecule has 0 bridgehead atoms. The number of benzene rings is 1. The molecule has 0 radical (unpaired) electrons. The first kappa shape index (κ1) is 14.3. The predicted octanol–water partition coefficient (Wildman–Crippen LogP) is 2.84. The Bertz CT molecular complexity index is 585. The van der Waals surface area contributed by atoms with Crippen LogP contribution in [0.15, 0.2) is 30.6 Å². The minimum atomic E-state index is 0.581. The van der Waals surface area contributed by atoms with Gasteiger partial charge >= 0.3 is 0 Å². The van der Waals surface area contributed by atoms with Crippen molar-refractivity contribution < 1.29 is 0 Å². The largest absolute Gasteiger partial charge is 0.354 e. The van der Waals surface area contributed by atoms with Crippen LogP contribution in [0, 0.1) is 5.92 Å². The molecule has 0 spiro atoms. The molecule has 1 atom stereocenters. The molecule has 1 aromatic carbocycles. The highest BCUT2D eigenvalue weighted by molar-refractivity contribution is 5.89. The van der Waals surface area contributed by atoms with E-state index in [1.165, 1.54) is 12.8 Å². The minimum Gasteiger partial charge on any atom is -0.354 e. The summed E-state index contributed by atoms with van der Waals surface area (Å²) in [6.07, 6.45) is 4.23. The van der Waals surface area contributed by atoms with Gasteiger partial charge < -0.3 is 10.2 Å². The maximum atomic E-state index is 4.59. The van der Waals surface area contributed by atoms with Crippen LogP contribution < -0.4 is 10.2 Å². The molecule has 2 heterocycles. The van der Waals surface area contributed by atoms with E-state index in [9.17, 15) is 0 Å². The number of hydrogen-bond donors (Lipinski definition) is 1. The average molecular weight is 284 g/mol. The summed E-state index contributed by atoms with van der Waals surface area (Å²) in [6.45, 7) is 7.72. The summed E-state index contributed by atoms with van der Waals surface area (Å²) in [7, 11) is 0. The molecule has 4 nitrogen and oxygen atoms in total. The van der Waals surface area contributed by atoms with E-state index in [2.05, 4.69) is 52.2 Å². The number of rotatable bonds is 5. The summed E-state index contributed by atoms with van der Waals surface area (Å²) in [6, 6.07) is 8.86. The van der Waals surface area contributed by atoms with Crippen LogP contribution in [0.5, 0.6) is 0 Å². The number of nitrogens with one attached hydrogen (secondary N) is 1. The molecule has 0 saturated carbocycles. The summed E-state index contributed by atoms with van der Waals surface area (Å²) in [5.74, 6) is 1.68. The zero-order valence-corrected chi connectivity index (χ0v) is 12.9. The molecule has 0 aliphatic carbocycles. The number of para-hydroxylation sites is 1. The normalized spacial score (nSPS) is 18.5. The van der Waals surface area contributed by atoms with E-state index in [1.807, 2.05) is 6.07 Å². The number of nitrogens with zero attached hydrogens (tertiary/aromatic N) is 3. The third-order valence-electron chi connectivity index (χ3n) is 4.01. The number of anilines is 1. The van der Waals surface area contributed by atoms with Gasteiger partial charge in [-0.1, -0.05) is 26.0 Å². The predicted molar refractivity (Wildman–Crippen MR) is 87.6 cm³/mol. The van der Waals surface area contributed by atoms with Gasteiger partial charge in [0.1, 0.15) is 12.1 Å². The molecule has 4 heteroatoms. The molecule has 21 heavy (non-hydrogen) atoms. The lowest BCUT2D eigenvalue weighted by molar-refractivity contribution is 0.538. The summed E-state index contributed by atoms with van der Waals surface area (Å²) in [4.78, 5) is 11.4. The molecule has 1 aliphatic heterocycles. The Morgan fingerprint density at radius 1 is 1.29 bits per heavy atom. The number of aromatic nitrogens is 2. The highest BCUT2D eigenvalue weighted by Gasteiger charge is 2.21. The van der Waals surface area contributed by atoms with Crippen LogP contribution in [-0.2, 0) is 0 Å². The fraction of sp³-hybridized carbons (Fsp3) is 0.529. The van der Waals surface area contributed by atoms with E-state index in [4.69, 9.17) is 0 Å². The van der Waals surface area contributed by atoms with Crippen molar-refractivity contribution in [2.75, 3.05) is 24.5 Å². The van der Waals surface area contributed by atoms with Crippen LogP contribution in [-0.4, -0.2) is 35.6 Å². The smallest absolute Gasteiger partial charge is 0.139 e. The lowest BCUT2D eigenvalue weighted by atomic mass is 10.1. The first-order valence-corrected chi connectivity index (χ1v) is 7.92. The van der Waals surface area contributed by atoms with Crippen molar-refractivity contribution in [3.63, 3.8) is 0 Å².